The molecule has 30 heavy (non-hydrogen) atoms. The van der Waals surface area contributed by atoms with Gasteiger partial charge in [-0.1, -0.05) is 37.9 Å². The fourth-order valence-electron chi connectivity index (χ4n) is 3.13. The number of ether oxygens (including phenoxy) is 1. The van der Waals surface area contributed by atoms with Gasteiger partial charge in [-0.2, -0.15) is 0 Å². The second-order valence-corrected chi connectivity index (χ2v) is 9.26. The van der Waals surface area contributed by atoms with Crippen molar-refractivity contribution >= 4 is 36.6 Å². The van der Waals surface area contributed by atoms with E-state index in [1.807, 2.05) is 0 Å². The first-order chi connectivity index (χ1) is 14.2. The van der Waals surface area contributed by atoms with Gasteiger partial charge in [0, 0.05) is 5.75 Å². The van der Waals surface area contributed by atoms with E-state index < -0.39 is 39.0 Å². The smallest absolute Gasteiger partial charge is 0.387 e. The van der Waals surface area contributed by atoms with Gasteiger partial charge in [0.05, 0.1) is 12.9 Å². The second-order valence-electron chi connectivity index (χ2n) is 6.96. The minimum Gasteiger partial charge on any atom is -0.387 e. The molecule has 1 aliphatic rings. The highest BCUT2D eigenvalue weighted by atomic mass is 32.2. The summed E-state index contributed by atoms with van der Waals surface area (Å²) in [5.74, 6) is 1.02. The number of fused-ring (bicyclic) bond motifs is 1. The van der Waals surface area contributed by atoms with Crippen LogP contribution in [0.1, 0.15) is 38.8 Å². The molecule has 0 spiro atoms. The highest BCUT2D eigenvalue weighted by molar-refractivity contribution is 7.99. The lowest BCUT2D eigenvalue weighted by Gasteiger charge is -2.17. The first-order valence-corrected chi connectivity index (χ1v) is 12.1. The topological polar surface area (TPSA) is 186 Å². The van der Waals surface area contributed by atoms with Crippen LogP contribution >= 0.6 is 19.6 Å². The average molecular weight is 463 g/mol. The fraction of sp³-hybridized carbons (Fsp3) is 0.688. The Labute approximate surface area is 177 Å². The molecule has 168 valence electrons. The third-order valence-electron chi connectivity index (χ3n) is 4.68. The van der Waals surface area contributed by atoms with Crippen LogP contribution in [0.2, 0.25) is 0 Å². The van der Waals surface area contributed by atoms with Crippen LogP contribution in [-0.4, -0.2) is 70.2 Å². The molecule has 1 fully saturated rings. The maximum Gasteiger partial charge on any atom is 0.469 e. The summed E-state index contributed by atoms with van der Waals surface area (Å²) in [6.45, 7) is 1.55. The minimum absolute atomic E-state index is 0.184. The van der Waals surface area contributed by atoms with E-state index in [4.69, 9.17) is 20.3 Å². The quantitative estimate of drug-likeness (QED) is 0.145. The number of imidazole rings is 1. The zero-order chi connectivity index (χ0) is 21.9. The Morgan fingerprint density at radius 2 is 2.03 bits per heavy atom. The SMILES string of the molecule is CCCCCCSc1nc(N)c2ncn([C@@H]3O[C@H](COP(=O)(O)O)[C@@H](O)[C@H]3O)c2n1. The normalized spacial score (nSPS) is 24.7. The minimum atomic E-state index is -4.75. The largest absolute Gasteiger partial charge is 0.469 e. The van der Waals surface area contributed by atoms with Crippen molar-refractivity contribution in [3.8, 4) is 0 Å². The lowest BCUT2D eigenvalue weighted by molar-refractivity contribution is -0.0504. The molecule has 12 nitrogen and oxygen atoms in total. The molecule has 0 amide bonds. The van der Waals surface area contributed by atoms with Gasteiger partial charge in [-0.05, 0) is 6.42 Å². The molecule has 2 aromatic heterocycles. The Kier molecular flexibility index (Phi) is 7.69. The van der Waals surface area contributed by atoms with Crippen molar-refractivity contribution in [2.24, 2.45) is 0 Å². The fourth-order valence-corrected chi connectivity index (χ4v) is 4.31. The number of aromatic nitrogens is 4. The van der Waals surface area contributed by atoms with E-state index in [9.17, 15) is 14.8 Å². The first kappa shape index (κ1) is 23.4. The number of aliphatic hydroxyl groups excluding tert-OH is 2. The van der Waals surface area contributed by atoms with Crippen LogP contribution in [0.15, 0.2) is 11.5 Å². The number of hydrogen-bond donors (Lipinski definition) is 5. The number of nitrogens with zero attached hydrogens (tertiary/aromatic N) is 4. The van der Waals surface area contributed by atoms with E-state index >= 15 is 0 Å². The summed E-state index contributed by atoms with van der Waals surface area (Å²) in [4.78, 5) is 30.6. The molecule has 6 N–H and O–H groups in total. The Morgan fingerprint density at radius 3 is 2.73 bits per heavy atom. The van der Waals surface area contributed by atoms with Crippen molar-refractivity contribution in [3.63, 3.8) is 0 Å². The van der Waals surface area contributed by atoms with Gasteiger partial charge in [0.1, 0.15) is 23.8 Å². The molecule has 0 saturated carbocycles. The second kappa shape index (κ2) is 9.88. The van der Waals surface area contributed by atoms with Gasteiger partial charge in [0.15, 0.2) is 22.8 Å². The van der Waals surface area contributed by atoms with Crippen LogP contribution in [0.25, 0.3) is 11.2 Å². The number of thioether (sulfide) groups is 1. The molecule has 0 bridgehead atoms. The zero-order valence-electron chi connectivity index (χ0n) is 16.4. The number of nitrogens with two attached hydrogens (primary N) is 1. The number of hydrogen-bond acceptors (Lipinski definition) is 10. The Bertz CT molecular complexity index is 909. The standard InChI is InChI=1S/C16H26N5O7PS/c1-2-3-4-5-6-30-16-19-13(17)10-14(20-16)21(8-18-10)15-12(23)11(22)9(28-15)7-27-29(24,25)26/h8-9,11-12,15,22-23H,2-7H2,1H3,(H2,17,19,20)(H2,24,25,26)/t9-,11-,12-,15-/m1/s1. The summed E-state index contributed by atoms with van der Waals surface area (Å²) in [5, 5.41) is 21.1. The number of unbranched alkanes of at least 4 members (excludes halogenated alkanes) is 3. The number of phosphoric ester groups is 1. The molecule has 3 rings (SSSR count). The van der Waals surface area contributed by atoms with Crippen molar-refractivity contribution in [2.75, 3.05) is 18.1 Å². The van der Waals surface area contributed by atoms with E-state index in [0.29, 0.717) is 16.3 Å². The third-order valence-corrected chi connectivity index (χ3v) is 6.09. The number of nitrogen functional groups attached to an aromatic ring is 1. The van der Waals surface area contributed by atoms with Crippen LogP contribution < -0.4 is 5.73 Å². The van der Waals surface area contributed by atoms with E-state index in [2.05, 4.69) is 26.4 Å². The molecule has 0 aliphatic carbocycles. The van der Waals surface area contributed by atoms with Crippen LogP contribution in [0.3, 0.4) is 0 Å². The first-order valence-electron chi connectivity index (χ1n) is 9.55. The van der Waals surface area contributed by atoms with Crippen molar-refractivity contribution < 1.29 is 33.8 Å². The summed E-state index contributed by atoms with van der Waals surface area (Å²) in [7, 11) is -4.75. The molecule has 0 radical (unpaired) electrons. The maximum absolute atomic E-state index is 10.9. The van der Waals surface area contributed by atoms with E-state index in [1.54, 1.807) is 0 Å². The summed E-state index contributed by atoms with van der Waals surface area (Å²) >= 11 is 1.46. The Morgan fingerprint density at radius 1 is 1.27 bits per heavy atom. The molecular formula is C16H26N5O7PS. The molecular weight excluding hydrogens is 437 g/mol. The van der Waals surface area contributed by atoms with Gasteiger partial charge in [-0.25, -0.2) is 19.5 Å². The summed E-state index contributed by atoms with van der Waals surface area (Å²) in [6, 6.07) is 0. The zero-order valence-corrected chi connectivity index (χ0v) is 18.1. The number of rotatable bonds is 10. The maximum atomic E-state index is 10.9. The van der Waals surface area contributed by atoms with Crippen molar-refractivity contribution in [1.82, 2.24) is 19.5 Å². The van der Waals surface area contributed by atoms with Crippen LogP contribution in [0, 0.1) is 0 Å². The molecule has 1 aliphatic heterocycles. The van der Waals surface area contributed by atoms with Gasteiger partial charge in [0.2, 0.25) is 0 Å². The third kappa shape index (κ3) is 5.48. The molecule has 14 heteroatoms. The van der Waals surface area contributed by atoms with Crippen LogP contribution in [-0.2, 0) is 13.8 Å². The Balaban J connectivity index is 1.77. The molecule has 4 atom stereocenters. The van der Waals surface area contributed by atoms with Crippen LogP contribution in [0.5, 0.6) is 0 Å². The highest BCUT2D eigenvalue weighted by Gasteiger charge is 2.45. The molecule has 0 aromatic carbocycles. The van der Waals surface area contributed by atoms with Crippen molar-refractivity contribution in [3.05, 3.63) is 6.33 Å². The summed E-state index contributed by atoms with van der Waals surface area (Å²) < 4.78 is 22.3. The molecule has 2 aromatic rings. The molecule has 0 unspecified atom stereocenters. The van der Waals surface area contributed by atoms with E-state index in [-0.39, 0.29) is 5.82 Å². The van der Waals surface area contributed by atoms with E-state index in [0.717, 1.165) is 25.0 Å². The van der Waals surface area contributed by atoms with Crippen LogP contribution in [0.4, 0.5) is 5.82 Å². The number of anilines is 1. The number of phosphoric acid groups is 1. The predicted molar refractivity (Wildman–Crippen MR) is 109 cm³/mol. The molecule has 1 saturated heterocycles. The van der Waals surface area contributed by atoms with Gasteiger partial charge in [-0.15, -0.1) is 0 Å². The summed E-state index contributed by atoms with van der Waals surface area (Å²) in [6.07, 6.45) is 0.761. The average Bonchev–Trinajstić information content (AvgIpc) is 3.21. The monoisotopic (exact) mass is 463 g/mol. The lowest BCUT2D eigenvalue weighted by atomic mass is 10.1. The highest BCUT2D eigenvalue weighted by Crippen LogP contribution is 2.39. The summed E-state index contributed by atoms with van der Waals surface area (Å²) in [5.41, 5.74) is 6.66. The van der Waals surface area contributed by atoms with E-state index in [1.165, 1.54) is 29.1 Å². The van der Waals surface area contributed by atoms with Gasteiger partial charge >= 0.3 is 7.82 Å². The van der Waals surface area contributed by atoms with Gasteiger partial charge in [-0.3, -0.25) is 9.09 Å². The lowest BCUT2D eigenvalue weighted by Crippen LogP contribution is -2.33. The Hall–Kier alpha value is -1.31. The van der Waals surface area contributed by atoms with Crippen molar-refractivity contribution in [1.29, 1.82) is 0 Å². The van der Waals surface area contributed by atoms with Crippen molar-refractivity contribution in [2.45, 2.75) is 62.3 Å². The number of aliphatic hydroxyl groups is 2. The van der Waals surface area contributed by atoms with Gasteiger partial charge in [0.25, 0.3) is 0 Å². The predicted octanol–water partition coefficient (Wildman–Crippen LogP) is 0.809. The van der Waals surface area contributed by atoms with Gasteiger partial charge < -0.3 is 30.5 Å². The molecule has 3 heterocycles.